The molecule has 1 unspecified atom stereocenters. The van der Waals surface area contributed by atoms with E-state index in [4.69, 9.17) is 15.4 Å². The van der Waals surface area contributed by atoms with Gasteiger partial charge < -0.3 is 4.74 Å². The highest BCUT2D eigenvalue weighted by atomic mass is 32.2. The number of hydroxylamine groups is 1. The predicted molar refractivity (Wildman–Crippen MR) is 114 cm³/mol. The Morgan fingerprint density at radius 1 is 1.32 bits per heavy atom. The van der Waals surface area contributed by atoms with E-state index in [2.05, 4.69) is 0 Å². The Kier molecular flexibility index (Phi) is 5.92. The van der Waals surface area contributed by atoms with Gasteiger partial charge in [0.1, 0.15) is 23.4 Å². The van der Waals surface area contributed by atoms with Crippen molar-refractivity contribution in [2.75, 3.05) is 10.8 Å². The second-order valence-electron chi connectivity index (χ2n) is 8.07. The maximum Gasteiger partial charge on any atom is 0.271 e. The largest absolute Gasteiger partial charge is 0.486 e. The molecule has 1 aliphatic rings. The van der Waals surface area contributed by atoms with Gasteiger partial charge in [-0.05, 0) is 31.5 Å². The molecule has 31 heavy (non-hydrogen) atoms. The number of benzene rings is 2. The average Bonchev–Trinajstić information content (AvgIpc) is 2.72. The molecule has 166 valence electrons. The van der Waals surface area contributed by atoms with Gasteiger partial charge in [-0.25, -0.2) is 8.42 Å². The molecule has 0 amide bonds. The Bertz CT molecular complexity index is 1110. The number of aryl methyl sites for hydroxylation is 1. The fourth-order valence-electron chi connectivity index (χ4n) is 3.41. The van der Waals surface area contributed by atoms with Gasteiger partial charge in [0.15, 0.2) is 0 Å². The molecule has 3 rings (SSSR count). The summed E-state index contributed by atoms with van der Waals surface area (Å²) in [5.41, 5.74) is 1.72. The van der Waals surface area contributed by atoms with Crippen LogP contribution < -0.4 is 14.5 Å². The molecular weight excluding hydrogens is 424 g/mol. The molecule has 1 atom stereocenters. The second-order valence-corrected chi connectivity index (χ2v) is 9.94. The van der Waals surface area contributed by atoms with Crippen molar-refractivity contribution in [3.05, 3.63) is 58.1 Å². The molecule has 10 nitrogen and oxygen atoms in total. The van der Waals surface area contributed by atoms with Crippen molar-refractivity contribution in [2.24, 2.45) is 5.41 Å². The third-order valence-corrected chi connectivity index (χ3v) is 7.01. The Labute approximate surface area is 180 Å². The summed E-state index contributed by atoms with van der Waals surface area (Å²) in [6.07, 6.45) is -0.437. The van der Waals surface area contributed by atoms with E-state index < -0.39 is 26.5 Å². The van der Waals surface area contributed by atoms with Crippen molar-refractivity contribution in [1.29, 1.82) is 5.41 Å². The fraction of sp³-hybridized carbons (Fsp3) is 0.350. The molecule has 2 aromatic rings. The van der Waals surface area contributed by atoms with Crippen molar-refractivity contribution in [3.8, 4) is 5.75 Å². The van der Waals surface area contributed by atoms with Crippen LogP contribution in [0.4, 0.5) is 11.4 Å². The number of nitro groups is 1. The Hall–Kier alpha value is -3.18. The minimum absolute atomic E-state index is 0.0558. The molecule has 1 aliphatic heterocycles. The number of hydrogen-bond acceptors (Lipinski definition) is 7. The molecule has 3 N–H and O–H groups in total. The third kappa shape index (κ3) is 4.47. The highest BCUT2D eigenvalue weighted by Gasteiger charge is 2.39. The lowest BCUT2D eigenvalue weighted by atomic mass is 9.85. The summed E-state index contributed by atoms with van der Waals surface area (Å²) >= 11 is 0. The number of nitrogens with zero attached hydrogens (tertiary/aromatic N) is 2. The summed E-state index contributed by atoms with van der Waals surface area (Å²) in [7, 11) is -4.04. The molecular formula is C20H24N4O6S. The maximum atomic E-state index is 13.4. The summed E-state index contributed by atoms with van der Waals surface area (Å²) in [5, 5.41) is 28.2. The van der Waals surface area contributed by atoms with Crippen LogP contribution in [0.3, 0.4) is 0 Å². The normalized spacial score (nSPS) is 16.3. The second kappa shape index (κ2) is 8.16. The molecule has 0 saturated heterocycles. The first-order chi connectivity index (χ1) is 14.5. The van der Waals surface area contributed by atoms with E-state index in [0.29, 0.717) is 0 Å². The van der Waals surface area contributed by atoms with E-state index in [9.17, 15) is 18.5 Å². The molecule has 0 radical (unpaired) electrons. The van der Waals surface area contributed by atoms with Crippen LogP contribution in [0.25, 0.3) is 0 Å². The molecule has 11 heteroatoms. The highest BCUT2D eigenvalue weighted by molar-refractivity contribution is 7.92. The molecule has 0 bridgehead atoms. The zero-order valence-electron chi connectivity index (χ0n) is 17.3. The van der Waals surface area contributed by atoms with Crippen LogP contribution in [0.15, 0.2) is 47.4 Å². The Morgan fingerprint density at radius 3 is 2.55 bits per heavy atom. The number of non-ortho nitro benzene ring substituents is 1. The van der Waals surface area contributed by atoms with Gasteiger partial charge >= 0.3 is 0 Å². The summed E-state index contributed by atoms with van der Waals surface area (Å²) in [5.74, 6) is 0.0513. The van der Waals surface area contributed by atoms with Crippen LogP contribution in [0.5, 0.6) is 5.75 Å². The van der Waals surface area contributed by atoms with Crippen LogP contribution in [0.1, 0.15) is 25.8 Å². The van der Waals surface area contributed by atoms with E-state index in [-0.39, 0.29) is 40.8 Å². The SMILES string of the molecule is Cc1ccc(S(=O)(=O)N2CC(CC(C)(C)C(=N)NO)Oc3ccc([N+](=O)[O-])cc32)cc1. The lowest BCUT2D eigenvalue weighted by molar-refractivity contribution is -0.384. The van der Waals surface area contributed by atoms with E-state index in [1.807, 2.05) is 12.4 Å². The molecule has 0 aromatic heterocycles. The average molecular weight is 449 g/mol. The van der Waals surface area contributed by atoms with Crippen molar-refractivity contribution < 1.29 is 23.3 Å². The number of nitrogens with one attached hydrogen (secondary N) is 2. The quantitative estimate of drug-likeness (QED) is 0.266. The molecule has 0 spiro atoms. The first-order valence-electron chi connectivity index (χ1n) is 9.49. The first kappa shape index (κ1) is 22.5. The van der Waals surface area contributed by atoms with Crippen molar-refractivity contribution >= 4 is 27.2 Å². The summed E-state index contributed by atoms with van der Waals surface area (Å²) in [6.45, 7) is 5.16. The van der Waals surface area contributed by atoms with Gasteiger partial charge in [-0.3, -0.25) is 30.5 Å². The number of sulfonamides is 1. The number of hydrogen-bond donors (Lipinski definition) is 3. The smallest absolute Gasteiger partial charge is 0.271 e. The lowest BCUT2D eigenvalue weighted by Crippen LogP contribution is -2.47. The Balaban J connectivity index is 2.07. The summed E-state index contributed by atoms with van der Waals surface area (Å²) < 4.78 is 34.0. The standard InChI is InChI=1S/C20H24N4O6S/c1-13-4-7-16(8-5-13)31(28,29)23-12-15(11-20(2,3)19(21)22-25)30-18-9-6-14(24(26)27)10-17(18)23/h4-10,15,25H,11-12H2,1-3H3,(H2,21,22). The molecule has 0 saturated carbocycles. The lowest BCUT2D eigenvalue weighted by Gasteiger charge is -2.38. The minimum Gasteiger partial charge on any atom is -0.486 e. The number of amidine groups is 1. The van der Waals surface area contributed by atoms with Crippen LogP contribution >= 0.6 is 0 Å². The van der Waals surface area contributed by atoms with Gasteiger partial charge in [-0.15, -0.1) is 0 Å². The predicted octanol–water partition coefficient (Wildman–Crippen LogP) is 3.23. The Morgan fingerprint density at radius 2 is 1.97 bits per heavy atom. The van der Waals surface area contributed by atoms with Crippen molar-refractivity contribution in [1.82, 2.24) is 5.48 Å². The zero-order valence-corrected chi connectivity index (χ0v) is 18.1. The first-order valence-corrected chi connectivity index (χ1v) is 10.9. The maximum absolute atomic E-state index is 13.4. The highest BCUT2D eigenvalue weighted by Crippen LogP contribution is 2.41. The van der Waals surface area contributed by atoms with E-state index in [0.717, 1.165) is 9.87 Å². The van der Waals surface area contributed by atoms with Crippen LogP contribution in [0.2, 0.25) is 0 Å². The molecule has 0 aliphatic carbocycles. The summed E-state index contributed by atoms with van der Waals surface area (Å²) in [4.78, 5) is 10.7. The minimum atomic E-state index is -4.04. The van der Waals surface area contributed by atoms with Gasteiger partial charge in [0, 0.05) is 17.5 Å². The number of ether oxygens (including phenoxy) is 1. The van der Waals surface area contributed by atoms with Gasteiger partial charge in [-0.2, -0.15) is 0 Å². The molecule has 2 aromatic carbocycles. The number of anilines is 1. The van der Waals surface area contributed by atoms with Crippen molar-refractivity contribution in [3.63, 3.8) is 0 Å². The van der Waals surface area contributed by atoms with Crippen LogP contribution in [-0.2, 0) is 10.0 Å². The fourth-order valence-corrected chi connectivity index (χ4v) is 4.91. The van der Waals surface area contributed by atoms with Gasteiger partial charge in [0.05, 0.1) is 16.4 Å². The number of rotatable bonds is 6. The van der Waals surface area contributed by atoms with E-state index in [1.54, 1.807) is 26.0 Å². The topological polar surface area (TPSA) is 146 Å². The van der Waals surface area contributed by atoms with Crippen LogP contribution in [-0.4, -0.2) is 37.0 Å². The van der Waals surface area contributed by atoms with E-state index in [1.165, 1.54) is 30.3 Å². The van der Waals surface area contributed by atoms with Crippen LogP contribution in [0, 0.1) is 27.9 Å². The third-order valence-electron chi connectivity index (χ3n) is 5.22. The zero-order chi connectivity index (χ0) is 23.0. The monoisotopic (exact) mass is 448 g/mol. The number of fused-ring (bicyclic) bond motifs is 1. The van der Waals surface area contributed by atoms with Gasteiger partial charge in [-0.1, -0.05) is 31.5 Å². The van der Waals surface area contributed by atoms with Gasteiger partial charge in [0.2, 0.25) is 0 Å². The summed E-state index contributed by atoms with van der Waals surface area (Å²) in [6, 6.07) is 10.1. The van der Waals surface area contributed by atoms with Gasteiger partial charge in [0.25, 0.3) is 15.7 Å². The molecule has 0 fully saturated rings. The van der Waals surface area contributed by atoms with E-state index >= 15 is 0 Å². The number of nitro benzene ring substituents is 1. The molecule has 1 heterocycles. The van der Waals surface area contributed by atoms with Crippen molar-refractivity contribution in [2.45, 2.75) is 38.2 Å².